The lowest BCUT2D eigenvalue weighted by atomic mass is 10.0. The molecular formula is C24H32ClN3O3S. The molecule has 0 unspecified atom stereocenters. The Labute approximate surface area is 199 Å². The summed E-state index contributed by atoms with van der Waals surface area (Å²) in [5, 5.41) is 5.65. The second-order valence-electron chi connectivity index (χ2n) is 8.70. The third kappa shape index (κ3) is 5.75. The normalized spacial score (nSPS) is 15.6. The summed E-state index contributed by atoms with van der Waals surface area (Å²) in [6.45, 7) is 10.6. The van der Waals surface area contributed by atoms with Crippen LogP contribution in [0.5, 0.6) is 5.75 Å². The van der Waals surface area contributed by atoms with Gasteiger partial charge in [-0.25, -0.2) is 4.79 Å². The number of nitrogens with one attached hydrogen (secondary N) is 1. The molecule has 3 rings (SSSR count). The van der Waals surface area contributed by atoms with Crippen LogP contribution in [0, 0.1) is 6.92 Å². The second-order valence-corrected chi connectivity index (χ2v) is 10.1. The summed E-state index contributed by atoms with van der Waals surface area (Å²) >= 11 is 7.85. The number of urea groups is 1. The first kappa shape index (κ1) is 24.4. The number of thiophene rings is 1. The highest BCUT2D eigenvalue weighted by Crippen LogP contribution is 2.34. The van der Waals surface area contributed by atoms with Crippen LogP contribution in [-0.2, 0) is 11.2 Å². The number of carbonyl (C=O) groups is 2. The maximum absolute atomic E-state index is 13.4. The number of fused-ring (bicyclic) bond motifs is 1. The number of amides is 3. The van der Waals surface area contributed by atoms with Gasteiger partial charge in [0.15, 0.2) is 0 Å². The third-order valence-electron chi connectivity index (χ3n) is 5.55. The molecule has 1 N–H and O–H groups in total. The van der Waals surface area contributed by atoms with Crippen LogP contribution in [0.3, 0.4) is 0 Å². The number of halogens is 1. The molecule has 3 amide bonds. The van der Waals surface area contributed by atoms with E-state index in [0.29, 0.717) is 18.2 Å². The van der Waals surface area contributed by atoms with Crippen molar-refractivity contribution in [2.75, 3.05) is 19.7 Å². The SMILES string of the molecule is Cc1cc(OC[C@@H]2c3ccsc3CCN2C(=O)CN(C(=O)NC(C)C)C(C)C)ccc1Cl. The van der Waals surface area contributed by atoms with E-state index in [1.54, 1.807) is 16.2 Å². The van der Waals surface area contributed by atoms with Crippen LogP contribution in [0.15, 0.2) is 29.6 Å². The van der Waals surface area contributed by atoms with Crippen LogP contribution >= 0.6 is 22.9 Å². The summed E-state index contributed by atoms with van der Waals surface area (Å²) in [5.74, 6) is 0.650. The quantitative estimate of drug-likeness (QED) is 0.607. The highest BCUT2D eigenvalue weighted by Gasteiger charge is 2.34. The third-order valence-corrected chi connectivity index (χ3v) is 6.98. The average molecular weight is 478 g/mol. The molecule has 174 valence electrons. The summed E-state index contributed by atoms with van der Waals surface area (Å²) in [6, 6.07) is 7.14. The van der Waals surface area contributed by atoms with Crippen molar-refractivity contribution in [2.45, 2.75) is 59.2 Å². The zero-order chi connectivity index (χ0) is 23.4. The molecule has 0 spiro atoms. The standard InChI is InChI=1S/C24H32ClN3O3S/c1-15(2)26-24(30)28(16(3)4)13-23(29)27-10-8-22-19(9-11-32-22)21(27)14-31-18-6-7-20(25)17(5)12-18/h6-7,9,11-12,15-16,21H,8,10,13-14H2,1-5H3,(H,26,30)/t21-/m1/s1. The lowest BCUT2D eigenvalue weighted by Crippen LogP contribution is -2.52. The first-order valence-electron chi connectivity index (χ1n) is 11.0. The van der Waals surface area contributed by atoms with Gasteiger partial charge in [-0.2, -0.15) is 0 Å². The van der Waals surface area contributed by atoms with Gasteiger partial charge in [0.05, 0.1) is 6.04 Å². The average Bonchev–Trinajstić information content (AvgIpc) is 3.20. The maximum Gasteiger partial charge on any atom is 0.318 e. The largest absolute Gasteiger partial charge is 0.491 e. The molecule has 32 heavy (non-hydrogen) atoms. The minimum Gasteiger partial charge on any atom is -0.491 e. The van der Waals surface area contributed by atoms with Gasteiger partial charge in [0, 0.05) is 28.5 Å². The zero-order valence-corrected chi connectivity index (χ0v) is 20.9. The molecule has 2 heterocycles. The van der Waals surface area contributed by atoms with E-state index in [2.05, 4.69) is 16.8 Å². The Balaban J connectivity index is 1.77. The molecule has 8 heteroatoms. The van der Waals surface area contributed by atoms with Gasteiger partial charge in [-0.15, -0.1) is 11.3 Å². The fourth-order valence-electron chi connectivity index (χ4n) is 3.81. The van der Waals surface area contributed by atoms with E-state index >= 15 is 0 Å². The van der Waals surface area contributed by atoms with E-state index < -0.39 is 0 Å². The lowest BCUT2D eigenvalue weighted by molar-refractivity contribution is -0.135. The van der Waals surface area contributed by atoms with Crippen molar-refractivity contribution in [2.24, 2.45) is 0 Å². The number of hydrogen-bond acceptors (Lipinski definition) is 4. The summed E-state index contributed by atoms with van der Waals surface area (Å²) in [7, 11) is 0. The van der Waals surface area contributed by atoms with Gasteiger partial charge in [0.2, 0.25) is 5.91 Å². The first-order chi connectivity index (χ1) is 15.2. The molecule has 1 aromatic heterocycles. The number of ether oxygens (including phenoxy) is 1. The first-order valence-corrected chi connectivity index (χ1v) is 12.2. The number of nitrogens with zero attached hydrogens (tertiary/aromatic N) is 2. The molecule has 1 aromatic carbocycles. The van der Waals surface area contributed by atoms with Crippen molar-refractivity contribution >= 4 is 34.9 Å². The summed E-state index contributed by atoms with van der Waals surface area (Å²) in [5.41, 5.74) is 2.07. The number of benzene rings is 1. The molecule has 6 nitrogen and oxygen atoms in total. The van der Waals surface area contributed by atoms with E-state index in [1.807, 2.05) is 57.7 Å². The summed E-state index contributed by atoms with van der Waals surface area (Å²) in [4.78, 5) is 30.8. The van der Waals surface area contributed by atoms with Crippen molar-refractivity contribution in [3.63, 3.8) is 0 Å². The zero-order valence-electron chi connectivity index (χ0n) is 19.4. The van der Waals surface area contributed by atoms with E-state index in [4.69, 9.17) is 16.3 Å². The lowest BCUT2D eigenvalue weighted by Gasteiger charge is -2.37. The van der Waals surface area contributed by atoms with Crippen molar-refractivity contribution in [1.29, 1.82) is 0 Å². The van der Waals surface area contributed by atoms with Crippen LogP contribution in [-0.4, -0.2) is 53.5 Å². The molecule has 0 radical (unpaired) electrons. The van der Waals surface area contributed by atoms with Crippen molar-refractivity contribution in [3.8, 4) is 5.75 Å². The van der Waals surface area contributed by atoms with Crippen LogP contribution in [0.25, 0.3) is 0 Å². The van der Waals surface area contributed by atoms with Crippen molar-refractivity contribution < 1.29 is 14.3 Å². The predicted molar refractivity (Wildman–Crippen MR) is 130 cm³/mol. The fourth-order valence-corrected chi connectivity index (χ4v) is 4.86. The van der Waals surface area contributed by atoms with Crippen LogP contribution < -0.4 is 10.1 Å². The van der Waals surface area contributed by atoms with Crippen LogP contribution in [0.1, 0.15) is 49.7 Å². The predicted octanol–water partition coefficient (Wildman–Crippen LogP) is 5.04. The van der Waals surface area contributed by atoms with Gasteiger partial charge in [0.25, 0.3) is 0 Å². The molecule has 1 aliphatic rings. The maximum atomic E-state index is 13.4. The van der Waals surface area contributed by atoms with Gasteiger partial charge in [-0.1, -0.05) is 11.6 Å². The van der Waals surface area contributed by atoms with Crippen molar-refractivity contribution in [3.05, 3.63) is 50.7 Å². The molecule has 0 fully saturated rings. The number of aryl methyl sites for hydroxylation is 1. The molecule has 0 bridgehead atoms. The minimum absolute atomic E-state index is 0.00573. The smallest absolute Gasteiger partial charge is 0.318 e. The van der Waals surface area contributed by atoms with E-state index in [0.717, 1.165) is 23.3 Å². The molecule has 1 aliphatic heterocycles. The minimum atomic E-state index is -0.221. The Hall–Kier alpha value is -2.25. The van der Waals surface area contributed by atoms with Crippen molar-refractivity contribution in [1.82, 2.24) is 15.1 Å². The monoisotopic (exact) mass is 477 g/mol. The highest BCUT2D eigenvalue weighted by atomic mass is 35.5. The van der Waals surface area contributed by atoms with Crippen LogP contribution in [0.2, 0.25) is 5.02 Å². The molecule has 0 aliphatic carbocycles. The van der Waals surface area contributed by atoms with Gasteiger partial charge in [-0.3, -0.25) is 4.79 Å². The Morgan fingerprint density at radius 1 is 1.28 bits per heavy atom. The molecule has 0 saturated carbocycles. The fraction of sp³-hybridized carbons (Fsp3) is 0.500. The molecule has 1 atom stereocenters. The topological polar surface area (TPSA) is 61.9 Å². The number of carbonyl (C=O) groups excluding carboxylic acids is 2. The summed E-state index contributed by atoms with van der Waals surface area (Å²) < 4.78 is 6.10. The number of rotatable bonds is 7. The highest BCUT2D eigenvalue weighted by molar-refractivity contribution is 7.10. The Bertz CT molecular complexity index is 960. The van der Waals surface area contributed by atoms with Gasteiger partial charge in [-0.05, 0) is 81.8 Å². The molecular weight excluding hydrogens is 446 g/mol. The second kappa shape index (κ2) is 10.6. The number of hydrogen-bond donors (Lipinski definition) is 1. The summed E-state index contributed by atoms with van der Waals surface area (Å²) in [6.07, 6.45) is 0.815. The Kier molecular flexibility index (Phi) is 8.06. The Morgan fingerprint density at radius 3 is 2.69 bits per heavy atom. The van der Waals surface area contributed by atoms with Gasteiger partial charge >= 0.3 is 6.03 Å². The van der Waals surface area contributed by atoms with E-state index in [9.17, 15) is 9.59 Å². The van der Waals surface area contributed by atoms with Crippen LogP contribution in [0.4, 0.5) is 4.79 Å². The molecule has 2 aromatic rings. The van der Waals surface area contributed by atoms with Gasteiger partial charge in [0.1, 0.15) is 18.9 Å². The Morgan fingerprint density at radius 2 is 2.03 bits per heavy atom. The van der Waals surface area contributed by atoms with E-state index in [1.165, 1.54) is 4.88 Å². The van der Waals surface area contributed by atoms with E-state index in [-0.39, 0.29) is 36.6 Å². The molecule has 0 saturated heterocycles. The van der Waals surface area contributed by atoms with Gasteiger partial charge < -0.3 is 19.9 Å².